The number of carboxylic acids is 1. The Hall–Kier alpha value is -3.76. The maximum absolute atomic E-state index is 12.8. The minimum atomic E-state index is -5.08. The maximum atomic E-state index is 12.8. The number of benzene rings is 1. The molecule has 5 rings (SSSR count). The average Bonchev–Trinajstić information content (AvgIpc) is 3.48. The van der Waals surface area contributed by atoms with E-state index in [0.29, 0.717) is 18.5 Å². The van der Waals surface area contributed by atoms with Gasteiger partial charge in [0.05, 0.1) is 17.6 Å². The van der Waals surface area contributed by atoms with Crippen LogP contribution < -0.4 is 0 Å². The number of alkyl halides is 3. The van der Waals surface area contributed by atoms with Gasteiger partial charge in [-0.05, 0) is 68.0 Å². The molecule has 11 heteroatoms. The molecule has 34 heavy (non-hydrogen) atoms. The Morgan fingerprint density at radius 2 is 1.91 bits per heavy atom. The number of hydrogen-bond donors (Lipinski definition) is 2. The molecule has 2 aliphatic rings. The van der Waals surface area contributed by atoms with E-state index in [1.165, 1.54) is 12.8 Å². The summed E-state index contributed by atoms with van der Waals surface area (Å²) in [6.07, 6.45) is -0.841. The number of rotatable bonds is 4. The summed E-state index contributed by atoms with van der Waals surface area (Å²) < 4.78 is 31.7. The fourth-order valence-corrected chi connectivity index (χ4v) is 3.89. The van der Waals surface area contributed by atoms with Crippen LogP contribution in [0.3, 0.4) is 0 Å². The number of aromatic amines is 1. The average molecular weight is 473 g/mol. The van der Waals surface area contributed by atoms with E-state index in [1.54, 1.807) is 6.20 Å². The van der Waals surface area contributed by atoms with Crippen molar-refractivity contribution in [2.24, 2.45) is 5.92 Å². The Balaban J connectivity index is 0.000000344. The fraction of sp³-hybridized carbons (Fsp3) is 0.348. The highest BCUT2D eigenvalue weighted by Gasteiger charge is 2.39. The van der Waals surface area contributed by atoms with Crippen molar-refractivity contribution in [3.05, 3.63) is 53.3 Å². The summed E-state index contributed by atoms with van der Waals surface area (Å²) in [6.45, 7) is 4.81. The summed E-state index contributed by atoms with van der Waals surface area (Å²) in [5.74, 6) is -1.92. The number of hydrogen-bond acceptors (Lipinski definition) is 5. The Kier molecular flexibility index (Phi) is 6.11. The van der Waals surface area contributed by atoms with E-state index < -0.39 is 12.1 Å². The summed E-state index contributed by atoms with van der Waals surface area (Å²) in [5.41, 5.74) is 6.49. The lowest BCUT2D eigenvalue weighted by molar-refractivity contribution is -0.192. The van der Waals surface area contributed by atoms with E-state index in [1.807, 2.05) is 36.1 Å². The number of aromatic nitrogens is 4. The predicted octanol–water partition coefficient (Wildman–Crippen LogP) is 4.23. The standard InChI is InChI=1S/C21H21N5O.C2HF3O2/c1-12-7-19(25-23-12)20-9-16(10-22-24-20)15-5-6-18-17(8-15)11-26(21(18)27)13(2)14-3-4-14;3-2(4,5)1(6)7/h5-10,13-14H,3-4,11H2,1-2H3,(H,23,25);(H,6,7)/t13-;/m0./s1. The van der Waals surface area contributed by atoms with Gasteiger partial charge in [-0.15, -0.1) is 5.10 Å². The van der Waals surface area contributed by atoms with Gasteiger partial charge >= 0.3 is 12.1 Å². The van der Waals surface area contributed by atoms with Crippen molar-refractivity contribution in [1.29, 1.82) is 0 Å². The van der Waals surface area contributed by atoms with Gasteiger partial charge in [-0.1, -0.05) is 6.07 Å². The summed E-state index contributed by atoms with van der Waals surface area (Å²) >= 11 is 0. The SMILES string of the molecule is Cc1cc(-c2cc(-c3ccc4c(c3)CN([C@@H](C)C3CC3)C4=O)cnn2)[nH]n1.O=C(O)C(F)(F)F. The minimum absolute atomic E-state index is 0.164. The van der Waals surface area contributed by atoms with E-state index in [9.17, 15) is 18.0 Å². The second kappa shape index (κ2) is 8.88. The molecule has 1 saturated carbocycles. The molecule has 2 aromatic heterocycles. The van der Waals surface area contributed by atoms with Crippen LogP contribution in [0.1, 0.15) is 41.4 Å². The smallest absolute Gasteiger partial charge is 0.475 e. The second-order valence-corrected chi connectivity index (χ2v) is 8.44. The molecule has 1 aliphatic carbocycles. The molecule has 1 atom stereocenters. The number of nitrogens with one attached hydrogen (secondary N) is 1. The van der Waals surface area contributed by atoms with E-state index >= 15 is 0 Å². The number of carboxylic acid groups (broad SMARTS) is 1. The predicted molar refractivity (Wildman–Crippen MR) is 116 cm³/mol. The number of carbonyl (C=O) groups is 2. The van der Waals surface area contributed by atoms with Gasteiger partial charge in [0.15, 0.2) is 0 Å². The van der Waals surface area contributed by atoms with Gasteiger partial charge in [0.25, 0.3) is 5.91 Å². The zero-order valence-electron chi connectivity index (χ0n) is 18.4. The van der Waals surface area contributed by atoms with Gasteiger partial charge in [-0.3, -0.25) is 9.89 Å². The van der Waals surface area contributed by atoms with Crippen LogP contribution in [0, 0.1) is 12.8 Å². The number of aliphatic carboxylic acids is 1. The lowest BCUT2D eigenvalue weighted by atomic mass is 10.0. The van der Waals surface area contributed by atoms with Crippen LogP contribution in [-0.2, 0) is 11.3 Å². The fourth-order valence-electron chi connectivity index (χ4n) is 3.89. The van der Waals surface area contributed by atoms with Crippen LogP contribution in [0.2, 0.25) is 0 Å². The number of carbonyl (C=O) groups excluding carboxylic acids is 1. The van der Waals surface area contributed by atoms with Crippen molar-refractivity contribution in [1.82, 2.24) is 25.3 Å². The molecule has 1 amide bonds. The molecule has 0 saturated heterocycles. The zero-order valence-corrected chi connectivity index (χ0v) is 18.4. The minimum Gasteiger partial charge on any atom is -0.475 e. The molecule has 0 radical (unpaired) electrons. The highest BCUT2D eigenvalue weighted by molar-refractivity contribution is 5.99. The first-order valence-corrected chi connectivity index (χ1v) is 10.6. The molecule has 8 nitrogen and oxygen atoms in total. The Morgan fingerprint density at radius 3 is 2.50 bits per heavy atom. The molecule has 178 valence electrons. The Labute approximate surface area is 192 Å². The first-order valence-electron chi connectivity index (χ1n) is 10.6. The number of amides is 1. The lowest BCUT2D eigenvalue weighted by Gasteiger charge is -2.23. The van der Waals surface area contributed by atoms with Crippen molar-refractivity contribution in [2.45, 2.75) is 45.5 Å². The van der Waals surface area contributed by atoms with Crippen molar-refractivity contribution >= 4 is 11.9 Å². The normalized spacial score (nSPS) is 16.0. The van der Waals surface area contributed by atoms with Crippen LogP contribution in [0.25, 0.3) is 22.5 Å². The van der Waals surface area contributed by atoms with Gasteiger partial charge in [-0.25, -0.2) is 4.79 Å². The Bertz CT molecular complexity index is 1240. The number of H-pyrrole nitrogens is 1. The van der Waals surface area contributed by atoms with E-state index in [2.05, 4.69) is 33.4 Å². The van der Waals surface area contributed by atoms with Crippen molar-refractivity contribution in [2.75, 3.05) is 0 Å². The number of halogens is 3. The summed E-state index contributed by atoms with van der Waals surface area (Å²) in [5, 5.41) is 22.6. The topological polar surface area (TPSA) is 112 Å². The van der Waals surface area contributed by atoms with Gasteiger partial charge in [-0.2, -0.15) is 23.4 Å². The summed E-state index contributed by atoms with van der Waals surface area (Å²) in [7, 11) is 0. The van der Waals surface area contributed by atoms with E-state index in [4.69, 9.17) is 9.90 Å². The van der Waals surface area contributed by atoms with Gasteiger partial charge in [0.2, 0.25) is 0 Å². The molecular formula is C23H22F3N5O3. The van der Waals surface area contributed by atoms with Gasteiger partial charge in [0, 0.05) is 23.7 Å². The highest BCUT2D eigenvalue weighted by Crippen LogP contribution is 2.39. The van der Waals surface area contributed by atoms with Gasteiger partial charge < -0.3 is 10.0 Å². The van der Waals surface area contributed by atoms with Crippen LogP contribution in [-0.4, -0.2) is 54.5 Å². The molecule has 0 bridgehead atoms. The molecule has 1 aliphatic heterocycles. The molecule has 0 spiro atoms. The van der Waals surface area contributed by atoms with Crippen molar-refractivity contribution in [3.63, 3.8) is 0 Å². The third-order valence-corrected chi connectivity index (χ3v) is 5.95. The Morgan fingerprint density at radius 1 is 1.21 bits per heavy atom. The van der Waals surface area contributed by atoms with Crippen LogP contribution >= 0.6 is 0 Å². The van der Waals surface area contributed by atoms with E-state index in [-0.39, 0.29) is 5.91 Å². The number of aryl methyl sites for hydroxylation is 1. The quantitative estimate of drug-likeness (QED) is 0.587. The van der Waals surface area contributed by atoms with E-state index in [0.717, 1.165) is 39.3 Å². The van der Waals surface area contributed by atoms with Crippen LogP contribution in [0.5, 0.6) is 0 Å². The zero-order chi connectivity index (χ0) is 24.6. The second-order valence-electron chi connectivity index (χ2n) is 8.44. The largest absolute Gasteiger partial charge is 0.490 e. The monoisotopic (exact) mass is 473 g/mol. The van der Waals surface area contributed by atoms with Crippen molar-refractivity contribution < 1.29 is 27.9 Å². The van der Waals surface area contributed by atoms with Crippen LogP contribution in [0.15, 0.2) is 36.5 Å². The third kappa shape index (κ3) is 4.92. The highest BCUT2D eigenvalue weighted by atomic mass is 19.4. The molecule has 1 aromatic carbocycles. The lowest BCUT2D eigenvalue weighted by Crippen LogP contribution is -2.34. The molecule has 2 N–H and O–H groups in total. The first kappa shape index (κ1) is 23.4. The molecule has 3 aromatic rings. The van der Waals surface area contributed by atoms with Crippen LogP contribution in [0.4, 0.5) is 13.2 Å². The van der Waals surface area contributed by atoms with Gasteiger partial charge in [0.1, 0.15) is 5.69 Å². The maximum Gasteiger partial charge on any atom is 0.490 e. The summed E-state index contributed by atoms with van der Waals surface area (Å²) in [6, 6.07) is 10.3. The molecule has 1 fully saturated rings. The first-order chi connectivity index (χ1) is 16.0. The third-order valence-electron chi connectivity index (χ3n) is 5.95. The molecular weight excluding hydrogens is 451 g/mol. The number of nitrogens with zero attached hydrogens (tertiary/aromatic N) is 4. The van der Waals surface area contributed by atoms with Crippen molar-refractivity contribution in [3.8, 4) is 22.5 Å². The number of fused-ring (bicyclic) bond motifs is 1. The molecule has 3 heterocycles. The molecule has 0 unspecified atom stereocenters. The summed E-state index contributed by atoms with van der Waals surface area (Å²) in [4.78, 5) is 23.7.